The Morgan fingerprint density at radius 1 is 1.41 bits per heavy atom. The smallest absolute Gasteiger partial charge is 0.251 e. The van der Waals surface area contributed by atoms with Gasteiger partial charge in [0.2, 0.25) is 0 Å². The van der Waals surface area contributed by atoms with Crippen LogP contribution in [0.4, 0.5) is 0 Å². The summed E-state index contributed by atoms with van der Waals surface area (Å²) >= 11 is 1.59. The zero-order valence-corrected chi connectivity index (χ0v) is 10.4. The van der Waals surface area contributed by atoms with E-state index in [0.29, 0.717) is 25.2 Å². The van der Waals surface area contributed by atoms with E-state index in [1.165, 1.54) is 6.07 Å². The van der Waals surface area contributed by atoms with Crippen LogP contribution < -0.4 is 11.3 Å². The second-order valence-electron chi connectivity index (χ2n) is 3.76. The molecule has 90 valence electrons. The highest BCUT2D eigenvalue weighted by molar-refractivity contribution is 7.09. The average molecular weight is 250 g/mol. The third kappa shape index (κ3) is 3.21. The number of aromatic nitrogens is 3. The Balaban J connectivity index is 2.23. The molecule has 17 heavy (non-hydrogen) atoms. The molecule has 0 spiro atoms. The molecule has 2 rings (SSSR count). The van der Waals surface area contributed by atoms with Gasteiger partial charge in [0.15, 0.2) is 0 Å². The van der Waals surface area contributed by atoms with Crippen LogP contribution in [0.25, 0.3) is 0 Å². The number of hydrogen-bond donors (Lipinski definition) is 2. The molecule has 2 heterocycles. The largest absolute Gasteiger partial charge is 0.330 e. The minimum Gasteiger partial charge on any atom is -0.330 e. The first-order chi connectivity index (χ1) is 8.17. The monoisotopic (exact) mass is 250 g/mol. The number of H-pyrrole nitrogens is 1. The molecule has 0 saturated carbocycles. The lowest BCUT2D eigenvalue weighted by atomic mass is 10.2. The standard InChI is InChI=1S/C11H14N4OS/c1-7-13-9(6-17-7)4-10-14-8(2-3-12)5-11(16)15-10/h5-6H,2-4,12H2,1H3,(H,14,15,16). The number of rotatable bonds is 4. The van der Waals surface area contributed by atoms with Crippen LogP contribution in [-0.2, 0) is 12.8 Å². The van der Waals surface area contributed by atoms with Crippen molar-refractivity contribution < 1.29 is 0 Å². The van der Waals surface area contributed by atoms with E-state index in [0.717, 1.165) is 16.4 Å². The van der Waals surface area contributed by atoms with Gasteiger partial charge in [0.05, 0.1) is 10.7 Å². The fourth-order valence-corrected chi connectivity index (χ4v) is 2.20. The Kier molecular flexibility index (Phi) is 3.65. The molecular weight excluding hydrogens is 236 g/mol. The van der Waals surface area contributed by atoms with Gasteiger partial charge in [-0.1, -0.05) is 0 Å². The molecule has 2 aromatic heterocycles. The number of aryl methyl sites for hydroxylation is 1. The van der Waals surface area contributed by atoms with Crippen LogP contribution in [0.1, 0.15) is 22.2 Å². The van der Waals surface area contributed by atoms with E-state index in [9.17, 15) is 4.79 Å². The maximum atomic E-state index is 11.4. The van der Waals surface area contributed by atoms with Crippen LogP contribution in [0.5, 0.6) is 0 Å². The molecule has 0 saturated heterocycles. The number of thiazole rings is 1. The summed E-state index contributed by atoms with van der Waals surface area (Å²) in [6.07, 6.45) is 1.17. The molecule has 0 aromatic carbocycles. The molecule has 3 N–H and O–H groups in total. The van der Waals surface area contributed by atoms with Gasteiger partial charge in [-0.05, 0) is 13.5 Å². The highest BCUT2D eigenvalue weighted by Crippen LogP contribution is 2.10. The number of aromatic amines is 1. The predicted octanol–water partition coefficient (Wildman–Crippen LogP) is 0.627. The first kappa shape index (κ1) is 11.9. The molecule has 0 radical (unpaired) electrons. The summed E-state index contributed by atoms with van der Waals surface area (Å²) in [5, 5.41) is 2.99. The van der Waals surface area contributed by atoms with E-state index in [1.54, 1.807) is 11.3 Å². The van der Waals surface area contributed by atoms with Crippen LogP contribution in [-0.4, -0.2) is 21.5 Å². The van der Waals surface area contributed by atoms with Gasteiger partial charge in [-0.2, -0.15) is 0 Å². The van der Waals surface area contributed by atoms with Gasteiger partial charge in [0.1, 0.15) is 5.82 Å². The summed E-state index contributed by atoms with van der Waals surface area (Å²) in [7, 11) is 0. The molecule has 0 aliphatic heterocycles. The Labute approximate surface area is 103 Å². The maximum absolute atomic E-state index is 11.4. The minimum atomic E-state index is -0.134. The first-order valence-corrected chi connectivity index (χ1v) is 6.25. The zero-order valence-electron chi connectivity index (χ0n) is 9.56. The van der Waals surface area contributed by atoms with E-state index >= 15 is 0 Å². The molecule has 0 unspecified atom stereocenters. The topological polar surface area (TPSA) is 84.7 Å². The number of nitrogens with two attached hydrogens (primary N) is 1. The number of nitrogens with one attached hydrogen (secondary N) is 1. The Hall–Kier alpha value is -1.53. The highest BCUT2D eigenvalue weighted by Gasteiger charge is 2.04. The summed E-state index contributed by atoms with van der Waals surface area (Å²) in [4.78, 5) is 22.8. The first-order valence-electron chi connectivity index (χ1n) is 5.37. The molecule has 2 aromatic rings. The van der Waals surface area contributed by atoms with Crippen molar-refractivity contribution in [3.63, 3.8) is 0 Å². The lowest BCUT2D eigenvalue weighted by Gasteiger charge is -2.01. The van der Waals surface area contributed by atoms with Gasteiger partial charge in [0.25, 0.3) is 5.56 Å². The molecule has 0 aliphatic rings. The van der Waals surface area contributed by atoms with Gasteiger partial charge in [0, 0.05) is 30.0 Å². The predicted molar refractivity (Wildman–Crippen MR) is 67.3 cm³/mol. The molecule has 0 aliphatic carbocycles. The third-order valence-corrected chi connectivity index (χ3v) is 3.08. The lowest BCUT2D eigenvalue weighted by Crippen LogP contribution is -2.15. The van der Waals surface area contributed by atoms with Gasteiger partial charge in [-0.3, -0.25) is 4.79 Å². The van der Waals surface area contributed by atoms with Crippen molar-refractivity contribution in [3.8, 4) is 0 Å². The van der Waals surface area contributed by atoms with Crippen molar-refractivity contribution in [1.29, 1.82) is 0 Å². The second-order valence-corrected chi connectivity index (χ2v) is 4.82. The van der Waals surface area contributed by atoms with Crippen LogP contribution >= 0.6 is 11.3 Å². The normalized spacial score (nSPS) is 10.7. The summed E-state index contributed by atoms with van der Waals surface area (Å²) in [6.45, 7) is 2.45. The zero-order chi connectivity index (χ0) is 12.3. The molecular formula is C11H14N4OS. The fraction of sp³-hybridized carbons (Fsp3) is 0.364. The van der Waals surface area contributed by atoms with Crippen molar-refractivity contribution in [3.05, 3.63) is 44.0 Å². The van der Waals surface area contributed by atoms with Crippen LogP contribution in [0.2, 0.25) is 0 Å². The molecule has 0 atom stereocenters. The van der Waals surface area contributed by atoms with Crippen molar-refractivity contribution in [2.75, 3.05) is 6.54 Å². The molecule has 5 nitrogen and oxygen atoms in total. The molecule has 0 fully saturated rings. The number of nitrogens with zero attached hydrogens (tertiary/aromatic N) is 2. The van der Waals surface area contributed by atoms with E-state index < -0.39 is 0 Å². The van der Waals surface area contributed by atoms with Crippen molar-refractivity contribution in [2.45, 2.75) is 19.8 Å². The molecule has 0 bridgehead atoms. The van der Waals surface area contributed by atoms with E-state index in [2.05, 4.69) is 15.0 Å². The summed E-state index contributed by atoms with van der Waals surface area (Å²) < 4.78 is 0. The lowest BCUT2D eigenvalue weighted by molar-refractivity contribution is 0.847. The van der Waals surface area contributed by atoms with Crippen LogP contribution in [0.15, 0.2) is 16.2 Å². The van der Waals surface area contributed by atoms with E-state index in [1.807, 2.05) is 12.3 Å². The van der Waals surface area contributed by atoms with Crippen LogP contribution in [0, 0.1) is 6.92 Å². The van der Waals surface area contributed by atoms with Crippen molar-refractivity contribution >= 4 is 11.3 Å². The van der Waals surface area contributed by atoms with E-state index in [-0.39, 0.29) is 5.56 Å². The highest BCUT2D eigenvalue weighted by atomic mass is 32.1. The van der Waals surface area contributed by atoms with Crippen molar-refractivity contribution in [2.24, 2.45) is 5.73 Å². The Morgan fingerprint density at radius 2 is 2.24 bits per heavy atom. The third-order valence-electron chi connectivity index (χ3n) is 2.26. The van der Waals surface area contributed by atoms with Gasteiger partial charge >= 0.3 is 0 Å². The number of hydrogen-bond acceptors (Lipinski definition) is 5. The summed E-state index contributed by atoms with van der Waals surface area (Å²) in [5.74, 6) is 0.645. The molecule has 0 amide bonds. The summed E-state index contributed by atoms with van der Waals surface area (Å²) in [5.41, 5.74) is 6.99. The summed E-state index contributed by atoms with van der Waals surface area (Å²) in [6, 6.07) is 1.49. The quantitative estimate of drug-likeness (QED) is 0.833. The van der Waals surface area contributed by atoms with Gasteiger partial charge in [-0.25, -0.2) is 9.97 Å². The van der Waals surface area contributed by atoms with E-state index in [4.69, 9.17) is 5.73 Å². The Bertz CT molecular complexity index is 561. The van der Waals surface area contributed by atoms with Gasteiger partial charge < -0.3 is 10.7 Å². The molecule has 6 heteroatoms. The Morgan fingerprint density at radius 3 is 2.88 bits per heavy atom. The average Bonchev–Trinajstić information content (AvgIpc) is 2.63. The minimum absolute atomic E-state index is 0.134. The SMILES string of the molecule is Cc1nc(Cc2nc(CCN)cc(=O)[nH]2)cs1. The second kappa shape index (κ2) is 5.20. The van der Waals surface area contributed by atoms with Crippen molar-refractivity contribution in [1.82, 2.24) is 15.0 Å². The fourth-order valence-electron chi connectivity index (χ4n) is 1.58. The van der Waals surface area contributed by atoms with Gasteiger partial charge in [-0.15, -0.1) is 11.3 Å². The van der Waals surface area contributed by atoms with Crippen LogP contribution in [0.3, 0.4) is 0 Å². The maximum Gasteiger partial charge on any atom is 0.251 e.